The summed E-state index contributed by atoms with van der Waals surface area (Å²) in [5.74, 6) is -3.52. The second kappa shape index (κ2) is 5.58. The van der Waals surface area contributed by atoms with Gasteiger partial charge in [0.25, 0.3) is 22.9 Å². The summed E-state index contributed by atoms with van der Waals surface area (Å²) >= 11 is 0. The van der Waals surface area contributed by atoms with E-state index in [1.165, 1.54) is 24.3 Å². The minimum Gasteiger partial charge on any atom is -0.326 e. The fraction of sp³-hybridized carbons (Fsp3) is 0.200. The standard InChI is InChI=1S/C15H11F3N4O4/c1-22-9-8(11(24)20-13(22)26)14(12(25)19-9,15(16,17)18)21-10(23)7-5-3-2-4-6-7/h2-6H,1H3,(H,19,25)(H,21,23)(H,20,24,26)/t14-/m1/s1. The van der Waals surface area contributed by atoms with Crippen LogP contribution in [0.25, 0.3) is 0 Å². The van der Waals surface area contributed by atoms with Gasteiger partial charge in [-0.2, -0.15) is 13.2 Å². The van der Waals surface area contributed by atoms with Crippen LogP contribution in [0.1, 0.15) is 15.9 Å². The SMILES string of the molecule is Cn1c2c(c(=O)[nH]c1=O)[C@](NC(=O)c1ccccc1)(C(F)(F)F)C(=O)N2. The number of alkyl halides is 3. The van der Waals surface area contributed by atoms with E-state index in [1.807, 2.05) is 5.32 Å². The number of rotatable bonds is 2. The average molecular weight is 368 g/mol. The maximum Gasteiger partial charge on any atom is 0.425 e. The van der Waals surface area contributed by atoms with Gasteiger partial charge in [-0.25, -0.2) is 4.79 Å². The van der Waals surface area contributed by atoms with Gasteiger partial charge in [-0.3, -0.25) is 23.9 Å². The number of anilines is 1. The number of carbonyl (C=O) groups is 2. The van der Waals surface area contributed by atoms with Crippen LogP contribution in [0, 0.1) is 0 Å². The Morgan fingerprint density at radius 1 is 1.15 bits per heavy atom. The van der Waals surface area contributed by atoms with Crippen molar-refractivity contribution in [3.05, 3.63) is 62.3 Å². The van der Waals surface area contributed by atoms with Gasteiger partial charge in [-0.1, -0.05) is 18.2 Å². The number of aromatic nitrogens is 2. The molecular formula is C15H11F3N4O4. The fourth-order valence-electron chi connectivity index (χ4n) is 2.72. The van der Waals surface area contributed by atoms with Gasteiger partial charge in [0.2, 0.25) is 0 Å². The zero-order chi connectivity index (χ0) is 19.3. The van der Waals surface area contributed by atoms with E-state index in [0.717, 1.165) is 7.05 Å². The number of H-pyrrole nitrogens is 1. The smallest absolute Gasteiger partial charge is 0.326 e. The number of benzene rings is 1. The molecule has 0 bridgehead atoms. The molecule has 1 aliphatic heterocycles. The molecule has 136 valence electrons. The molecule has 0 spiro atoms. The Labute approximate surface area is 142 Å². The van der Waals surface area contributed by atoms with Gasteiger partial charge in [0.15, 0.2) is 0 Å². The highest BCUT2D eigenvalue weighted by Crippen LogP contribution is 2.44. The summed E-state index contributed by atoms with van der Waals surface area (Å²) in [4.78, 5) is 50.0. The number of hydrogen-bond donors (Lipinski definition) is 3. The molecule has 1 aromatic carbocycles. The van der Waals surface area contributed by atoms with Gasteiger partial charge in [-0.05, 0) is 12.1 Å². The first-order chi connectivity index (χ1) is 12.1. The van der Waals surface area contributed by atoms with Crippen LogP contribution in [0.5, 0.6) is 0 Å². The Kier molecular flexibility index (Phi) is 3.74. The highest BCUT2D eigenvalue weighted by molar-refractivity contribution is 6.09. The molecule has 1 atom stereocenters. The van der Waals surface area contributed by atoms with Crippen molar-refractivity contribution in [2.75, 3.05) is 5.32 Å². The van der Waals surface area contributed by atoms with Crippen LogP contribution < -0.4 is 21.9 Å². The Morgan fingerprint density at radius 2 is 1.77 bits per heavy atom. The lowest BCUT2D eigenvalue weighted by Crippen LogP contribution is -2.62. The second-order valence-corrected chi connectivity index (χ2v) is 5.56. The van der Waals surface area contributed by atoms with Crippen molar-refractivity contribution >= 4 is 17.6 Å². The minimum absolute atomic E-state index is 0.140. The molecule has 0 unspecified atom stereocenters. The molecule has 2 aromatic rings. The number of amides is 2. The van der Waals surface area contributed by atoms with Crippen molar-refractivity contribution in [2.45, 2.75) is 11.7 Å². The van der Waals surface area contributed by atoms with Crippen LogP contribution >= 0.6 is 0 Å². The van der Waals surface area contributed by atoms with E-state index in [1.54, 1.807) is 16.4 Å². The molecule has 3 rings (SSSR count). The maximum absolute atomic E-state index is 13.9. The van der Waals surface area contributed by atoms with Crippen molar-refractivity contribution < 1.29 is 22.8 Å². The lowest BCUT2D eigenvalue weighted by molar-refractivity contribution is -0.196. The summed E-state index contributed by atoms with van der Waals surface area (Å²) in [5, 5.41) is 3.50. The van der Waals surface area contributed by atoms with Crippen molar-refractivity contribution in [1.29, 1.82) is 0 Å². The van der Waals surface area contributed by atoms with E-state index < -0.39 is 46.2 Å². The topological polar surface area (TPSA) is 113 Å². The molecule has 0 fully saturated rings. The summed E-state index contributed by atoms with van der Waals surface area (Å²) in [5.41, 5.74) is -7.30. The number of nitrogens with one attached hydrogen (secondary N) is 3. The Hall–Kier alpha value is -3.37. The van der Waals surface area contributed by atoms with E-state index >= 15 is 0 Å². The maximum atomic E-state index is 13.9. The predicted octanol–water partition coefficient (Wildman–Crippen LogP) is 0.213. The number of hydrogen-bond acceptors (Lipinski definition) is 4. The Balaban J connectivity index is 2.26. The molecule has 1 aromatic heterocycles. The van der Waals surface area contributed by atoms with Gasteiger partial charge < -0.3 is 10.6 Å². The van der Waals surface area contributed by atoms with Crippen molar-refractivity contribution in [2.24, 2.45) is 7.05 Å². The Morgan fingerprint density at radius 3 is 2.35 bits per heavy atom. The van der Waals surface area contributed by atoms with Gasteiger partial charge in [-0.15, -0.1) is 0 Å². The first kappa shape index (κ1) is 17.5. The summed E-state index contributed by atoms with van der Waals surface area (Å²) in [7, 11) is 1.07. The number of carbonyl (C=O) groups excluding carboxylic acids is 2. The Bertz CT molecular complexity index is 1030. The monoisotopic (exact) mass is 368 g/mol. The van der Waals surface area contributed by atoms with Gasteiger partial charge >= 0.3 is 11.9 Å². The van der Waals surface area contributed by atoms with E-state index in [-0.39, 0.29) is 5.56 Å². The lowest BCUT2D eigenvalue weighted by Gasteiger charge is -2.30. The van der Waals surface area contributed by atoms with Crippen LogP contribution in [0.2, 0.25) is 0 Å². The highest BCUT2D eigenvalue weighted by Gasteiger charge is 2.68. The van der Waals surface area contributed by atoms with E-state index in [9.17, 15) is 32.3 Å². The van der Waals surface area contributed by atoms with E-state index in [4.69, 9.17) is 0 Å². The third-order valence-corrected chi connectivity index (χ3v) is 4.03. The molecule has 8 nitrogen and oxygen atoms in total. The first-order valence-corrected chi connectivity index (χ1v) is 7.19. The van der Waals surface area contributed by atoms with Crippen LogP contribution in [0.15, 0.2) is 39.9 Å². The fourth-order valence-corrected chi connectivity index (χ4v) is 2.72. The third kappa shape index (κ3) is 2.31. The molecule has 0 saturated heterocycles. The molecule has 26 heavy (non-hydrogen) atoms. The normalized spacial score (nSPS) is 19.0. The number of nitrogens with zero attached hydrogens (tertiary/aromatic N) is 1. The number of fused-ring (bicyclic) bond motifs is 1. The van der Waals surface area contributed by atoms with Gasteiger partial charge in [0.1, 0.15) is 11.4 Å². The molecule has 2 heterocycles. The molecular weight excluding hydrogens is 357 g/mol. The number of aromatic amines is 1. The summed E-state index contributed by atoms with van der Waals surface area (Å²) in [6.07, 6.45) is -5.35. The molecule has 0 saturated carbocycles. The average Bonchev–Trinajstić information content (AvgIpc) is 2.87. The van der Waals surface area contributed by atoms with Crippen molar-refractivity contribution in [1.82, 2.24) is 14.9 Å². The largest absolute Gasteiger partial charge is 0.425 e. The molecule has 0 aliphatic carbocycles. The zero-order valence-electron chi connectivity index (χ0n) is 13.1. The summed E-state index contributed by atoms with van der Waals surface area (Å²) < 4.78 is 42.4. The molecule has 11 heteroatoms. The minimum atomic E-state index is -5.35. The molecule has 2 amide bonds. The predicted molar refractivity (Wildman–Crippen MR) is 82.6 cm³/mol. The quantitative estimate of drug-likeness (QED) is 0.703. The second-order valence-electron chi connectivity index (χ2n) is 5.56. The van der Waals surface area contributed by atoms with Crippen LogP contribution in [-0.2, 0) is 17.4 Å². The van der Waals surface area contributed by atoms with Crippen molar-refractivity contribution in [3.63, 3.8) is 0 Å². The third-order valence-electron chi connectivity index (χ3n) is 4.03. The molecule has 3 N–H and O–H groups in total. The van der Waals surface area contributed by atoms with Gasteiger partial charge in [0, 0.05) is 12.6 Å². The highest BCUT2D eigenvalue weighted by atomic mass is 19.4. The van der Waals surface area contributed by atoms with Crippen LogP contribution in [0.4, 0.5) is 19.0 Å². The summed E-state index contributed by atoms with van der Waals surface area (Å²) in [6, 6.07) is 6.90. The first-order valence-electron chi connectivity index (χ1n) is 7.19. The van der Waals surface area contributed by atoms with Crippen molar-refractivity contribution in [3.8, 4) is 0 Å². The van der Waals surface area contributed by atoms with Crippen LogP contribution in [-0.4, -0.2) is 27.5 Å². The summed E-state index contributed by atoms with van der Waals surface area (Å²) in [6.45, 7) is 0. The van der Waals surface area contributed by atoms with E-state index in [2.05, 4.69) is 0 Å². The van der Waals surface area contributed by atoms with E-state index in [0.29, 0.717) is 4.57 Å². The number of halogens is 3. The molecule has 0 radical (unpaired) electrons. The lowest BCUT2D eigenvalue weighted by atomic mass is 9.91. The molecule has 1 aliphatic rings. The van der Waals surface area contributed by atoms with Gasteiger partial charge in [0.05, 0.1) is 0 Å². The zero-order valence-corrected chi connectivity index (χ0v) is 13.1. The van der Waals surface area contributed by atoms with Crippen LogP contribution in [0.3, 0.4) is 0 Å².